The van der Waals surface area contributed by atoms with Crippen LogP contribution in [0.15, 0.2) is 48.8 Å². The topological polar surface area (TPSA) is 58.3 Å². The number of aromatic nitrogens is 2. The third-order valence-corrected chi connectivity index (χ3v) is 3.22. The molecule has 0 spiro atoms. The Bertz CT molecular complexity index is 758. The molecule has 0 radical (unpaired) electrons. The van der Waals surface area contributed by atoms with Gasteiger partial charge in [-0.05, 0) is 23.8 Å². The van der Waals surface area contributed by atoms with E-state index >= 15 is 0 Å². The van der Waals surface area contributed by atoms with Crippen LogP contribution in [0.5, 0.6) is 0 Å². The first-order chi connectivity index (χ1) is 9.65. The average Bonchev–Trinajstić information content (AvgIpc) is 2.84. The van der Waals surface area contributed by atoms with Crippen LogP contribution in [0.4, 0.5) is 4.39 Å². The van der Waals surface area contributed by atoms with Crippen molar-refractivity contribution in [2.75, 3.05) is 0 Å². The van der Waals surface area contributed by atoms with Crippen molar-refractivity contribution in [3.63, 3.8) is 0 Å². The molecule has 3 aromatic rings. The molecule has 2 aromatic carbocycles. The summed E-state index contributed by atoms with van der Waals surface area (Å²) >= 11 is 0. The van der Waals surface area contributed by atoms with Gasteiger partial charge in [-0.3, -0.25) is 0 Å². The van der Waals surface area contributed by atoms with Gasteiger partial charge in [0.1, 0.15) is 5.82 Å². The highest BCUT2D eigenvalue weighted by molar-refractivity contribution is 6.58. The van der Waals surface area contributed by atoms with Crippen LogP contribution in [0.2, 0.25) is 0 Å². The molecule has 0 fully saturated rings. The molecule has 1 heterocycles. The van der Waals surface area contributed by atoms with Crippen molar-refractivity contribution >= 4 is 23.6 Å². The Hall–Kier alpha value is -2.18. The summed E-state index contributed by atoms with van der Waals surface area (Å²) in [5.41, 5.74) is 2.52. The Kier molecular flexibility index (Phi) is 3.26. The summed E-state index contributed by atoms with van der Waals surface area (Å²) in [4.78, 5) is 4.28. The molecule has 0 aliphatic heterocycles. The predicted octanol–water partition coefficient (Wildman–Crippen LogP) is 0.903. The second-order valence-electron chi connectivity index (χ2n) is 4.59. The fourth-order valence-corrected chi connectivity index (χ4v) is 2.22. The fraction of sp³-hybridized carbons (Fsp3) is 0.0714. The van der Waals surface area contributed by atoms with Gasteiger partial charge >= 0.3 is 7.12 Å². The van der Waals surface area contributed by atoms with Gasteiger partial charge in [0, 0.05) is 12.0 Å². The molecule has 1 aromatic heterocycles. The molecular formula is C14H12BFN2O2. The number of imidazole rings is 1. The molecule has 0 bridgehead atoms. The minimum Gasteiger partial charge on any atom is -0.423 e. The minimum atomic E-state index is -1.81. The molecule has 100 valence electrons. The van der Waals surface area contributed by atoms with Gasteiger partial charge in [0.25, 0.3) is 0 Å². The van der Waals surface area contributed by atoms with Crippen LogP contribution in [-0.2, 0) is 6.54 Å². The minimum absolute atomic E-state index is 0.119. The smallest absolute Gasteiger partial charge is 0.423 e. The largest absolute Gasteiger partial charge is 0.491 e. The van der Waals surface area contributed by atoms with Gasteiger partial charge in [-0.2, -0.15) is 0 Å². The Balaban J connectivity index is 1.97. The molecule has 6 heteroatoms. The lowest BCUT2D eigenvalue weighted by Gasteiger charge is -2.08. The quantitative estimate of drug-likeness (QED) is 0.695. The molecule has 0 atom stereocenters. The summed E-state index contributed by atoms with van der Waals surface area (Å²) in [6, 6.07) is 12.0. The molecule has 0 unspecified atom stereocenters. The van der Waals surface area contributed by atoms with Crippen LogP contribution >= 0.6 is 0 Å². The van der Waals surface area contributed by atoms with Crippen molar-refractivity contribution in [1.29, 1.82) is 0 Å². The maximum absolute atomic E-state index is 13.4. The lowest BCUT2D eigenvalue weighted by atomic mass is 9.79. The van der Waals surface area contributed by atoms with Crippen LogP contribution < -0.4 is 5.46 Å². The van der Waals surface area contributed by atoms with Crippen molar-refractivity contribution in [2.45, 2.75) is 6.54 Å². The van der Waals surface area contributed by atoms with E-state index in [0.29, 0.717) is 6.54 Å². The summed E-state index contributed by atoms with van der Waals surface area (Å²) in [6.45, 7) is 0.487. The molecule has 0 aliphatic carbocycles. The van der Waals surface area contributed by atoms with E-state index in [9.17, 15) is 4.39 Å². The molecule has 3 rings (SSSR count). The van der Waals surface area contributed by atoms with E-state index < -0.39 is 12.9 Å². The zero-order valence-corrected chi connectivity index (χ0v) is 10.6. The second-order valence-corrected chi connectivity index (χ2v) is 4.59. The zero-order valence-electron chi connectivity index (χ0n) is 10.6. The van der Waals surface area contributed by atoms with Crippen molar-refractivity contribution in [2.24, 2.45) is 0 Å². The zero-order chi connectivity index (χ0) is 14.1. The number of nitrogens with zero attached hydrogens (tertiary/aromatic N) is 2. The molecule has 0 saturated heterocycles. The lowest BCUT2D eigenvalue weighted by molar-refractivity contribution is 0.423. The number of hydrogen-bond donors (Lipinski definition) is 2. The van der Waals surface area contributed by atoms with Gasteiger partial charge in [0.05, 0.1) is 17.4 Å². The molecule has 2 N–H and O–H groups in total. The van der Waals surface area contributed by atoms with Gasteiger partial charge in [-0.25, -0.2) is 9.37 Å². The Morgan fingerprint density at radius 3 is 2.75 bits per heavy atom. The normalized spacial score (nSPS) is 10.9. The van der Waals surface area contributed by atoms with E-state index in [1.807, 2.05) is 28.8 Å². The molecule has 0 saturated carbocycles. The highest BCUT2D eigenvalue weighted by Gasteiger charge is 2.17. The maximum Gasteiger partial charge on any atom is 0.491 e. The van der Waals surface area contributed by atoms with Crippen molar-refractivity contribution in [3.8, 4) is 0 Å². The monoisotopic (exact) mass is 270 g/mol. The summed E-state index contributed by atoms with van der Waals surface area (Å²) in [6.07, 6.45) is 1.71. The van der Waals surface area contributed by atoms with E-state index in [0.717, 1.165) is 16.6 Å². The SMILES string of the molecule is OB(O)c1cc(Cn2cnc3ccccc32)ccc1F. The van der Waals surface area contributed by atoms with E-state index in [1.54, 1.807) is 12.4 Å². The van der Waals surface area contributed by atoms with E-state index in [1.165, 1.54) is 12.1 Å². The summed E-state index contributed by atoms with van der Waals surface area (Å²) < 4.78 is 15.3. The second kappa shape index (κ2) is 5.07. The summed E-state index contributed by atoms with van der Waals surface area (Å²) in [5.74, 6) is -0.626. The molecular weight excluding hydrogens is 258 g/mol. The molecule has 20 heavy (non-hydrogen) atoms. The van der Waals surface area contributed by atoms with Crippen LogP contribution in [-0.4, -0.2) is 26.7 Å². The number of benzene rings is 2. The first-order valence-corrected chi connectivity index (χ1v) is 6.19. The average molecular weight is 270 g/mol. The van der Waals surface area contributed by atoms with Crippen LogP contribution in [0.3, 0.4) is 0 Å². The van der Waals surface area contributed by atoms with Gasteiger partial charge in [-0.15, -0.1) is 0 Å². The first kappa shape index (κ1) is 12.8. The fourth-order valence-electron chi connectivity index (χ4n) is 2.22. The van der Waals surface area contributed by atoms with Gasteiger partial charge in [-0.1, -0.05) is 24.3 Å². The number of hydrogen-bond acceptors (Lipinski definition) is 3. The highest BCUT2D eigenvalue weighted by atomic mass is 19.1. The van der Waals surface area contributed by atoms with Crippen molar-refractivity contribution in [3.05, 3.63) is 60.2 Å². The Morgan fingerprint density at radius 1 is 1.15 bits per heavy atom. The third-order valence-electron chi connectivity index (χ3n) is 3.22. The first-order valence-electron chi connectivity index (χ1n) is 6.19. The van der Waals surface area contributed by atoms with Crippen molar-refractivity contribution in [1.82, 2.24) is 9.55 Å². The van der Waals surface area contributed by atoms with Crippen LogP contribution in [0.25, 0.3) is 11.0 Å². The van der Waals surface area contributed by atoms with E-state index in [-0.39, 0.29) is 5.46 Å². The summed E-state index contributed by atoms with van der Waals surface area (Å²) in [7, 11) is -1.81. The molecule has 0 aliphatic rings. The molecule has 4 nitrogen and oxygen atoms in total. The number of halogens is 1. The van der Waals surface area contributed by atoms with Crippen LogP contribution in [0.1, 0.15) is 5.56 Å². The maximum atomic E-state index is 13.4. The predicted molar refractivity (Wildman–Crippen MR) is 75.1 cm³/mol. The lowest BCUT2D eigenvalue weighted by Crippen LogP contribution is -2.33. The number of rotatable bonds is 3. The Morgan fingerprint density at radius 2 is 1.95 bits per heavy atom. The van der Waals surface area contributed by atoms with Crippen LogP contribution in [0, 0.1) is 5.82 Å². The Labute approximate surface area is 115 Å². The van der Waals surface area contributed by atoms with Gasteiger partial charge in [0.2, 0.25) is 0 Å². The third kappa shape index (κ3) is 2.31. The van der Waals surface area contributed by atoms with Gasteiger partial charge in [0.15, 0.2) is 0 Å². The summed E-state index contributed by atoms with van der Waals surface area (Å²) in [5, 5.41) is 18.2. The molecule has 0 amide bonds. The number of fused-ring (bicyclic) bond motifs is 1. The highest BCUT2D eigenvalue weighted by Crippen LogP contribution is 2.14. The van der Waals surface area contributed by atoms with E-state index in [2.05, 4.69) is 4.98 Å². The standard InChI is InChI=1S/C14H12BFN2O2/c16-12-6-5-10(7-11(12)15(19)20)8-18-9-17-13-3-1-2-4-14(13)18/h1-7,9,19-20H,8H2. The number of para-hydroxylation sites is 2. The van der Waals surface area contributed by atoms with E-state index in [4.69, 9.17) is 10.0 Å². The van der Waals surface area contributed by atoms with Gasteiger partial charge < -0.3 is 14.6 Å². The van der Waals surface area contributed by atoms with Crippen molar-refractivity contribution < 1.29 is 14.4 Å².